The molecule has 0 radical (unpaired) electrons. The molecule has 2 aromatic heterocycles. The van der Waals surface area contributed by atoms with Crippen LogP contribution in [0.2, 0.25) is 0 Å². The van der Waals surface area contributed by atoms with Gasteiger partial charge < -0.3 is 10.2 Å². The van der Waals surface area contributed by atoms with E-state index in [9.17, 15) is 4.79 Å². The zero-order valence-corrected chi connectivity index (χ0v) is 11.0. The lowest BCUT2D eigenvalue weighted by Gasteiger charge is -2.33. The second kappa shape index (κ2) is 4.58. The SMILES string of the molecule is Cc1ccnc2nc(C(=O)N3CCNC[C@H]3C)nn12. The molecule has 0 aromatic carbocycles. The summed E-state index contributed by atoms with van der Waals surface area (Å²) in [5, 5.41) is 7.51. The Bertz CT molecular complexity index is 622. The smallest absolute Gasteiger partial charge is 0.293 e. The predicted octanol–water partition coefficient (Wildman–Crippen LogP) is -0.133. The Morgan fingerprint density at radius 3 is 3.11 bits per heavy atom. The van der Waals surface area contributed by atoms with Gasteiger partial charge in [0, 0.05) is 37.6 Å². The highest BCUT2D eigenvalue weighted by molar-refractivity contribution is 5.91. The summed E-state index contributed by atoms with van der Waals surface area (Å²) in [6.07, 6.45) is 1.67. The lowest BCUT2D eigenvalue weighted by Crippen LogP contribution is -2.52. The van der Waals surface area contributed by atoms with Gasteiger partial charge in [-0.1, -0.05) is 0 Å². The van der Waals surface area contributed by atoms with Gasteiger partial charge in [-0.05, 0) is 19.9 Å². The maximum Gasteiger partial charge on any atom is 0.293 e. The standard InChI is InChI=1S/C12H16N6O/c1-8-3-4-14-12-15-10(16-18(8)12)11(19)17-6-5-13-7-9(17)2/h3-4,9,13H,5-7H2,1-2H3/t9-/m1/s1. The van der Waals surface area contributed by atoms with Crippen LogP contribution in [0.15, 0.2) is 12.3 Å². The highest BCUT2D eigenvalue weighted by Gasteiger charge is 2.27. The molecule has 1 aliphatic rings. The quantitative estimate of drug-likeness (QED) is 0.773. The zero-order chi connectivity index (χ0) is 13.4. The molecular formula is C12H16N6O. The van der Waals surface area contributed by atoms with Gasteiger partial charge in [0.2, 0.25) is 5.82 Å². The number of nitrogens with one attached hydrogen (secondary N) is 1. The summed E-state index contributed by atoms with van der Waals surface area (Å²) in [5.41, 5.74) is 0.907. The Morgan fingerprint density at radius 1 is 1.53 bits per heavy atom. The number of amides is 1. The van der Waals surface area contributed by atoms with Crippen molar-refractivity contribution in [2.24, 2.45) is 0 Å². The highest BCUT2D eigenvalue weighted by atomic mass is 16.2. The number of nitrogens with zero attached hydrogens (tertiary/aromatic N) is 5. The number of aryl methyl sites for hydroxylation is 1. The van der Waals surface area contributed by atoms with E-state index in [1.807, 2.05) is 19.9 Å². The Labute approximate surface area is 110 Å². The molecule has 7 heteroatoms. The molecule has 7 nitrogen and oxygen atoms in total. The summed E-state index contributed by atoms with van der Waals surface area (Å²) in [5.74, 6) is 0.556. The maximum atomic E-state index is 12.4. The maximum absolute atomic E-state index is 12.4. The van der Waals surface area contributed by atoms with E-state index in [0.29, 0.717) is 12.3 Å². The lowest BCUT2D eigenvalue weighted by atomic mass is 10.2. The predicted molar refractivity (Wildman–Crippen MR) is 68.9 cm³/mol. The van der Waals surface area contributed by atoms with Crippen LogP contribution in [0.4, 0.5) is 0 Å². The van der Waals surface area contributed by atoms with Crippen LogP contribution in [0.3, 0.4) is 0 Å². The molecule has 0 unspecified atom stereocenters. The monoisotopic (exact) mass is 260 g/mol. The second-order valence-electron chi connectivity index (χ2n) is 4.79. The molecule has 1 saturated heterocycles. The van der Waals surface area contributed by atoms with Crippen molar-refractivity contribution in [3.63, 3.8) is 0 Å². The topological polar surface area (TPSA) is 75.4 Å². The minimum Gasteiger partial charge on any atom is -0.331 e. The highest BCUT2D eigenvalue weighted by Crippen LogP contribution is 2.09. The van der Waals surface area contributed by atoms with Crippen LogP contribution in [-0.4, -0.2) is 56.1 Å². The Balaban J connectivity index is 1.95. The van der Waals surface area contributed by atoms with E-state index in [1.165, 1.54) is 0 Å². The van der Waals surface area contributed by atoms with Crippen LogP contribution in [0.1, 0.15) is 23.2 Å². The summed E-state index contributed by atoms with van der Waals surface area (Å²) < 4.78 is 1.60. The molecule has 19 heavy (non-hydrogen) atoms. The van der Waals surface area contributed by atoms with E-state index < -0.39 is 0 Å². The molecule has 2 aromatic rings. The molecule has 1 amide bonds. The van der Waals surface area contributed by atoms with Crippen molar-refractivity contribution in [2.45, 2.75) is 19.9 Å². The minimum absolute atomic E-state index is 0.126. The van der Waals surface area contributed by atoms with Gasteiger partial charge in [-0.25, -0.2) is 9.50 Å². The summed E-state index contributed by atoms with van der Waals surface area (Å²) in [6, 6.07) is 1.99. The van der Waals surface area contributed by atoms with Crippen LogP contribution in [0.25, 0.3) is 5.78 Å². The van der Waals surface area contributed by atoms with Crippen LogP contribution in [0.5, 0.6) is 0 Å². The number of hydrogen-bond acceptors (Lipinski definition) is 5. The summed E-state index contributed by atoms with van der Waals surface area (Å²) in [6.45, 7) is 6.22. The van der Waals surface area contributed by atoms with Crippen molar-refractivity contribution in [1.29, 1.82) is 0 Å². The molecule has 0 aliphatic carbocycles. The lowest BCUT2D eigenvalue weighted by molar-refractivity contribution is 0.0643. The fourth-order valence-electron chi connectivity index (χ4n) is 2.27. The van der Waals surface area contributed by atoms with Crippen LogP contribution in [-0.2, 0) is 0 Å². The van der Waals surface area contributed by atoms with E-state index in [2.05, 4.69) is 20.4 Å². The van der Waals surface area contributed by atoms with Gasteiger partial charge in [0.15, 0.2) is 0 Å². The first-order valence-electron chi connectivity index (χ1n) is 6.37. The van der Waals surface area contributed by atoms with Gasteiger partial charge in [0.25, 0.3) is 11.7 Å². The van der Waals surface area contributed by atoms with Gasteiger partial charge in [-0.15, -0.1) is 5.10 Å². The number of aromatic nitrogens is 4. The average Bonchev–Trinajstić information content (AvgIpc) is 2.84. The van der Waals surface area contributed by atoms with Crippen LogP contribution < -0.4 is 5.32 Å². The third-order valence-electron chi connectivity index (χ3n) is 3.38. The fourth-order valence-corrected chi connectivity index (χ4v) is 2.27. The van der Waals surface area contributed by atoms with Gasteiger partial charge >= 0.3 is 0 Å². The number of rotatable bonds is 1. The van der Waals surface area contributed by atoms with E-state index in [4.69, 9.17) is 0 Å². The van der Waals surface area contributed by atoms with Gasteiger partial charge in [-0.2, -0.15) is 4.98 Å². The van der Waals surface area contributed by atoms with Crippen molar-refractivity contribution < 1.29 is 4.79 Å². The third kappa shape index (κ3) is 2.06. The van der Waals surface area contributed by atoms with E-state index >= 15 is 0 Å². The first-order chi connectivity index (χ1) is 9.16. The molecule has 1 fully saturated rings. The number of carbonyl (C=O) groups is 1. The van der Waals surface area contributed by atoms with Gasteiger partial charge in [0.05, 0.1) is 0 Å². The van der Waals surface area contributed by atoms with Gasteiger partial charge in [0.1, 0.15) is 0 Å². The van der Waals surface area contributed by atoms with Crippen LogP contribution >= 0.6 is 0 Å². The van der Waals surface area contributed by atoms with Gasteiger partial charge in [-0.3, -0.25) is 4.79 Å². The molecule has 1 N–H and O–H groups in total. The number of hydrogen-bond donors (Lipinski definition) is 1. The van der Waals surface area contributed by atoms with Crippen molar-refractivity contribution in [3.05, 3.63) is 23.8 Å². The molecule has 0 bridgehead atoms. The zero-order valence-electron chi connectivity index (χ0n) is 11.0. The molecule has 0 spiro atoms. The molecule has 3 heterocycles. The molecule has 0 saturated carbocycles. The Morgan fingerprint density at radius 2 is 2.37 bits per heavy atom. The van der Waals surface area contributed by atoms with Crippen molar-refractivity contribution in [3.8, 4) is 0 Å². The summed E-state index contributed by atoms with van der Waals surface area (Å²) in [4.78, 5) is 22.6. The number of piperazine rings is 1. The first-order valence-corrected chi connectivity index (χ1v) is 6.37. The van der Waals surface area contributed by atoms with Crippen LogP contribution in [0, 0.1) is 6.92 Å². The van der Waals surface area contributed by atoms with Crippen molar-refractivity contribution in [2.75, 3.05) is 19.6 Å². The third-order valence-corrected chi connectivity index (χ3v) is 3.38. The number of fused-ring (bicyclic) bond motifs is 1. The summed E-state index contributed by atoms with van der Waals surface area (Å²) in [7, 11) is 0. The van der Waals surface area contributed by atoms with Crippen molar-refractivity contribution >= 4 is 11.7 Å². The fraction of sp³-hybridized carbons (Fsp3) is 0.500. The molecule has 1 atom stereocenters. The average molecular weight is 260 g/mol. The Hall–Kier alpha value is -2.02. The molecule has 1 aliphatic heterocycles. The van der Waals surface area contributed by atoms with E-state index in [1.54, 1.807) is 15.6 Å². The normalized spacial score (nSPS) is 19.9. The minimum atomic E-state index is -0.126. The Kier molecular flexibility index (Phi) is 2.90. The summed E-state index contributed by atoms with van der Waals surface area (Å²) >= 11 is 0. The molecular weight excluding hydrogens is 244 g/mol. The number of carbonyl (C=O) groups excluding carboxylic acids is 1. The van der Waals surface area contributed by atoms with E-state index in [-0.39, 0.29) is 17.8 Å². The molecule has 3 rings (SSSR count). The first kappa shape index (κ1) is 12.0. The van der Waals surface area contributed by atoms with E-state index in [0.717, 1.165) is 18.8 Å². The second-order valence-corrected chi connectivity index (χ2v) is 4.79. The molecule has 100 valence electrons. The van der Waals surface area contributed by atoms with Crippen molar-refractivity contribution in [1.82, 2.24) is 29.8 Å². The largest absolute Gasteiger partial charge is 0.331 e.